The average Bonchev–Trinajstić information content (AvgIpc) is 2.96. The van der Waals surface area contributed by atoms with Crippen LogP contribution < -0.4 is 5.73 Å². The summed E-state index contributed by atoms with van der Waals surface area (Å²) in [7, 11) is 0. The highest BCUT2D eigenvalue weighted by molar-refractivity contribution is 5.85. The number of likely N-dealkylation sites (tertiary alicyclic amines) is 1. The number of amides is 1. The van der Waals surface area contributed by atoms with Gasteiger partial charge in [-0.25, -0.2) is 4.79 Å². The second-order valence-electron chi connectivity index (χ2n) is 6.11. The van der Waals surface area contributed by atoms with E-state index < -0.39 is 5.60 Å². The molecule has 0 aliphatic carbocycles. The quantitative estimate of drug-likeness (QED) is 0.914. The smallest absolute Gasteiger partial charge is 0.410 e. The molecule has 0 saturated carbocycles. The fraction of sp³-hybridized carbons (Fsp3) is 0.769. The van der Waals surface area contributed by atoms with E-state index in [4.69, 9.17) is 10.5 Å². The van der Waals surface area contributed by atoms with Gasteiger partial charge in [-0.1, -0.05) is 5.21 Å². The largest absolute Gasteiger partial charge is 0.444 e. The van der Waals surface area contributed by atoms with Crippen LogP contribution >= 0.6 is 12.4 Å². The summed E-state index contributed by atoms with van der Waals surface area (Å²) in [5, 5.41) is 7.99. The maximum atomic E-state index is 12.2. The van der Waals surface area contributed by atoms with Crippen molar-refractivity contribution in [3.05, 3.63) is 11.9 Å². The Hall–Kier alpha value is -1.34. The Labute approximate surface area is 131 Å². The van der Waals surface area contributed by atoms with Crippen LogP contribution in [0.2, 0.25) is 0 Å². The number of rotatable bonds is 3. The van der Waals surface area contributed by atoms with E-state index in [0.29, 0.717) is 13.1 Å². The molecule has 7 nitrogen and oxygen atoms in total. The van der Waals surface area contributed by atoms with Crippen LogP contribution in [0.25, 0.3) is 0 Å². The summed E-state index contributed by atoms with van der Waals surface area (Å²) in [5.74, 6) is 0. The summed E-state index contributed by atoms with van der Waals surface area (Å²) < 4.78 is 7.18. The monoisotopic (exact) mass is 317 g/mol. The van der Waals surface area contributed by atoms with E-state index in [1.54, 1.807) is 9.58 Å². The van der Waals surface area contributed by atoms with Gasteiger partial charge in [-0.15, -0.1) is 17.5 Å². The molecule has 1 aromatic heterocycles. The fourth-order valence-electron chi connectivity index (χ4n) is 2.32. The highest BCUT2D eigenvalue weighted by Gasteiger charge is 2.32. The van der Waals surface area contributed by atoms with Gasteiger partial charge in [0.05, 0.1) is 18.3 Å². The summed E-state index contributed by atoms with van der Waals surface area (Å²) in [6.07, 6.45) is 3.52. The minimum Gasteiger partial charge on any atom is -0.444 e. The molecule has 21 heavy (non-hydrogen) atoms. The van der Waals surface area contributed by atoms with Crippen LogP contribution in [-0.2, 0) is 17.8 Å². The summed E-state index contributed by atoms with van der Waals surface area (Å²) in [5.41, 5.74) is 5.80. The number of halogens is 1. The predicted octanol–water partition coefficient (Wildman–Crippen LogP) is 1.56. The van der Waals surface area contributed by atoms with Crippen molar-refractivity contribution in [2.75, 3.05) is 6.54 Å². The number of nitrogens with zero attached hydrogens (tertiary/aromatic N) is 4. The Kier molecular flexibility index (Phi) is 5.98. The van der Waals surface area contributed by atoms with E-state index in [1.165, 1.54) is 0 Å². The number of carbonyl (C=O) groups is 1. The van der Waals surface area contributed by atoms with Crippen LogP contribution in [0.15, 0.2) is 6.20 Å². The summed E-state index contributed by atoms with van der Waals surface area (Å²) >= 11 is 0. The summed E-state index contributed by atoms with van der Waals surface area (Å²) in [6.45, 7) is 7.37. The zero-order valence-corrected chi connectivity index (χ0v) is 13.6. The van der Waals surface area contributed by atoms with E-state index in [0.717, 1.165) is 25.1 Å². The van der Waals surface area contributed by atoms with Crippen LogP contribution in [0, 0.1) is 0 Å². The van der Waals surface area contributed by atoms with Gasteiger partial charge in [0.15, 0.2) is 0 Å². The van der Waals surface area contributed by atoms with Gasteiger partial charge in [0.2, 0.25) is 0 Å². The number of ether oxygens (including phenoxy) is 1. The molecule has 2 rings (SSSR count). The maximum absolute atomic E-state index is 12.2. The average molecular weight is 318 g/mol. The highest BCUT2D eigenvalue weighted by Crippen LogP contribution is 2.21. The lowest BCUT2D eigenvalue weighted by Crippen LogP contribution is -2.41. The minimum absolute atomic E-state index is 0. The van der Waals surface area contributed by atoms with E-state index in [2.05, 4.69) is 10.3 Å². The third-order valence-corrected chi connectivity index (χ3v) is 3.20. The maximum Gasteiger partial charge on any atom is 0.410 e. The van der Waals surface area contributed by atoms with E-state index in [-0.39, 0.29) is 24.5 Å². The Bertz CT molecular complexity index is 471. The molecule has 1 atom stereocenters. The Morgan fingerprint density at radius 1 is 1.52 bits per heavy atom. The highest BCUT2D eigenvalue weighted by atomic mass is 35.5. The first kappa shape index (κ1) is 17.7. The van der Waals surface area contributed by atoms with Crippen LogP contribution in [-0.4, -0.2) is 44.2 Å². The molecule has 120 valence electrons. The first-order valence-corrected chi connectivity index (χ1v) is 6.98. The van der Waals surface area contributed by atoms with Crippen LogP contribution in [0.5, 0.6) is 0 Å². The van der Waals surface area contributed by atoms with Gasteiger partial charge in [0.25, 0.3) is 0 Å². The molecule has 2 N–H and O–H groups in total. The molecule has 8 heteroatoms. The van der Waals surface area contributed by atoms with E-state index >= 15 is 0 Å². The molecule has 0 radical (unpaired) electrons. The Balaban J connectivity index is 0.00000220. The molecule has 1 fully saturated rings. The van der Waals surface area contributed by atoms with Gasteiger partial charge >= 0.3 is 6.09 Å². The number of aromatic nitrogens is 3. The van der Waals surface area contributed by atoms with Gasteiger partial charge in [0.1, 0.15) is 5.60 Å². The van der Waals surface area contributed by atoms with Crippen molar-refractivity contribution in [3.63, 3.8) is 0 Å². The van der Waals surface area contributed by atoms with Gasteiger partial charge in [-0.05, 0) is 33.6 Å². The lowest BCUT2D eigenvalue weighted by molar-refractivity contribution is 0.0211. The molecule has 1 amide bonds. The molecule has 0 bridgehead atoms. The normalized spacial score (nSPS) is 18.5. The minimum atomic E-state index is -0.468. The second-order valence-corrected chi connectivity index (χ2v) is 6.11. The van der Waals surface area contributed by atoms with Gasteiger partial charge in [-0.3, -0.25) is 4.68 Å². The van der Waals surface area contributed by atoms with Crippen molar-refractivity contribution in [3.8, 4) is 0 Å². The summed E-state index contributed by atoms with van der Waals surface area (Å²) in [6, 6.07) is 0.108. The number of hydrogen-bond acceptors (Lipinski definition) is 5. The van der Waals surface area contributed by atoms with Crippen molar-refractivity contribution >= 4 is 18.5 Å². The zero-order chi connectivity index (χ0) is 14.8. The first-order chi connectivity index (χ1) is 9.39. The molecule has 0 spiro atoms. The molecule has 1 aromatic rings. The van der Waals surface area contributed by atoms with Crippen molar-refractivity contribution in [1.29, 1.82) is 0 Å². The van der Waals surface area contributed by atoms with Crippen molar-refractivity contribution in [2.45, 2.75) is 58.3 Å². The molecule has 1 unspecified atom stereocenters. The molecular weight excluding hydrogens is 294 g/mol. The SMILES string of the molecule is CC(C)(C)OC(=O)N1CCCC1Cn1cc(CN)nn1.Cl. The van der Waals surface area contributed by atoms with Crippen LogP contribution in [0.4, 0.5) is 4.79 Å². The molecule has 1 aliphatic rings. The Morgan fingerprint density at radius 2 is 2.24 bits per heavy atom. The van der Waals surface area contributed by atoms with Gasteiger partial charge in [-0.2, -0.15) is 0 Å². The number of carbonyl (C=O) groups excluding carboxylic acids is 1. The lowest BCUT2D eigenvalue weighted by Gasteiger charge is -2.28. The topological polar surface area (TPSA) is 86.3 Å². The molecular formula is C13H24ClN5O2. The van der Waals surface area contributed by atoms with Gasteiger partial charge in [0, 0.05) is 19.3 Å². The second kappa shape index (κ2) is 7.09. The zero-order valence-electron chi connectivity index (χ0n) is 12.8. The third-order valence-electron chi connectivity index (χ3n) is 3.20. The summed E-state index contributed by atoms with van der Waals surface area (Å²) in [4.78, 5) is 13.9. The predicted molar refractivity (Wildman–Crippen MR) is 81.1 cm³/mol. The van der Waals surface area contributed by atoms with Crippen LogP contribution in [0.3, 0.4) is 0 Å². The standard InChI is InChI=1S/C13H23N5O2.ClH/c1-13(2,3)20-12(19)18-6-4-5-11(18)9-17-8-10(7-14)15-16-17;/h8,11H,4-7,9,14H2,1-3H3;1H. The van der Waals surface area contributed by atoms with E-state index in [1.807, 2.05) is 27.0 Å². The fourth-order valence-corrected chi connectivity index (χ4v) is 2.32. The number of nitrogens with two attached hydrogens (primary N) is 1. The Morgan fingerprint density at radius 3 is 2.81 bits per heavy atom. The van der Waals surface area contributed by atoms with E-state index in [9.17, 15) is 4.79 Å². The third kappa shape index (κ3) is 4.86. The van der Waals surface area contributed by atoms with Crippen molar-refractivity contribution in [1.82, 2.24) is 19.9 Å². The number of hydrogen-bond donors (Lipinski definition) is 1. The van der Waals surface area contributed by atoms with Crippen molar-refractivity contribution in [2.24, 2.45) is 5.73 Å². The molecule has 1 aliphatic heterocycles. The van der Waals surface area contributed by atoms with Crippen LogP contribution in [0.1, 0.15) is 39.3 Å². The van der Waals surface area contributed by atoms with Crippen molar-refractivity contribution < 1.29 is 9.53 Å². The first-order valence-electron chi connectivity index (χ1n) is 6.98. The van der Waals surface area contributed by atoms with Gasteiger partial charge < -0.3 is 15.4 Å². The lowest BCUT2D eigenvalue weighted by atomic mass is 10.2. The molecule has 2 heterocycles. The molecule has 1 saturated heterocycles. The molecule has 0 aromatic carbocycles.